The maximum atomic E-state index is 12.9. The Bertz CT molecular complexity index is 900. The molecule has 28 heavy (non-hydrogen) atoms. The molecule has 8 heteroatoms. The maximum absolute atomic E-state index is 12.9. The summed E-state index contributed by atoms with van der Waals surface area (Å²) in [4.78, 5) is 2.23. The summed E-state index contributed by atoms with van der Waals surface area (Å²) in [6.07, 6.45) is -1.88. The van der Waals surface area contributed by atoms with Crippen molar-refractivity contribution in [2.75, 3.05) is 18.6 Å². The summed E-state index contributed by atoms with van der Waals surface area (Å²) < 4.78 is 44.4. The summed E-state index contributed by atoms with van der Waals surface area (Å²) >= 11 is 0. The van der Waals surface area contributed by atoms with Crippen LogP contribution in [0.2, 0.25) is 0 Å². The summed E-state index contributed by atoms with van der Waals surface area (Å²) in [6.45, 7) is 4.45. The molecule has 0 bridgehead atoms. The van der Waals surface area contributed by atoms with Gasteiger partial charge in [0.05, 0.1) is 16.9 Å². The van der Waals surface area contributed by atoms with Crippen molar-refractivity contribution in [1.82, 2.24) is 10.2 Å². The number of fused-ring (bicyclic) bond motifs is 1. The van der Waals surface area contributed by atoms with Crippen molar-refractivity contribution >= 4 is 5.82 Å². The number of anilines is 1. The van der Waals surface area contributed by atoms with Crippen LogP contribution < -0.4 is 4.90 Å². The molecule has 1 fully saturated rings. The summed E-state index contributed by atoms with van der Waals surface area (Å²) in [5, 5.41) is 18.8. The molecule has 1 aromatic heterocycles. The van der Waals surface area contributed by atoms with E-state index in [0.717, 1.165) is 49.3 Å². The van der Waals surface area contributed by atoms with Crippen molar-refractivity contribution in [3.8, 4) is 17.0 Å². The molecule has 2 aromatic rings. The lowest BCUT2D eigenvalue weighted by Crippen LogP contribution is -2.54. The topological polar surface area (TPSA) is 58.5 Å². The van der Waals surface area contributed by atoms with Crippen molar-refractivity contribution in [3.63, 3.8) is 0 Å². The second-order valence-electron chi connectivity index (χ2n) is 7.92. The first-order valence-electron chi connectivity index (χ1n) is 9.21. The van der Waals surface area contributed by atoms with Crippen LogP contribution in [0.3, 0.4) is 0 Å². The summed E-state index contributed by atoms with van der Waals surface area (Å²) in [5.74, 6) is 0.377. The number of halogens is 3. The van der Waals surface area contributed by atoms with Gasteiger partial charge >= 0.3 is 6.18 Å². The van der Waals surface area contributed by atoms with Crippen LogP contribution in [0.15, 0.2) is 18.2 Å². The van der Waals surface area contributed by atoms with Gasteiger partial charge in [0.2, 0.25) is 0 Å². The molecular formula is C20H22F3N3O2. The zero-order valence-corrected chi connectivity index (χ0v) is 16.0. The quantitative estimate of drug-likeness (QED) is 0.851. The van der Waals surface area contributed by atoms with Crippen LogP contribution in [0.5, 0.6) is 5.75 Å². The molecule has 1 saturated carbocycles. The van der Waals surface area contributed by atoms with E-state index in [9.17, 15) is 18.3 Å². The Morgan fingerprint density at radius 3 is 2.54 bits per heavy atom. The Hall–Kier alpha value is -2.35. The van der Waals surface area contributed by atoms with Crippen molar-refractivity contribution in [2.24, 2.45) is 0 Å². The van der Waals surface area contributed by atoms with E-state index in [4.69, 9.17) is 4.74 Å². The highest BCUT2D eigenvalue weighted by atomic mass is 19.4. The largest absolute Gasteiger partial charge is 0.507 e. The molecule has 2 heterocycles. The molecule has 0 radical (unpaired) electrons. The Balaban J connectivity index is 1.63. The second-order valence-corrected chi connectivity index (χ2v) is 7.92. The number of phenolic OH excluding ortho intramolecular Hbond substituents is 1. The van der Waals surface area contributed by atoms with E-state index in [1.807, 2.05) is 6.07 Å². The van der Waals surface area contributed by atoms with Gasteiger partial charge in [-0.2, -0.15) is 13.2 Å². The highest BCUT2D eigenvalue weighted by molar-refractivity contribution is 5.73. The number of aryl methyl sites for hydroxylation is 1. The van der Waals surface area contributed by atoms with Gasteiger partial charge in [-0.3, -0.25) is 0 Å². The fourth-order valence-corrected chi connectivity index (χ4v) is 4.26. The van der Waals surface area contributed by atoms with Gasteiger partial charge in [-0.15, -0.1) is 10.2 Å². The second kappa shape index (κ2) is 6.34. The molecule has 1 N–H and O–H groups in total. The minimum atomic E-state index is -4.51. The average molecular weight is 393 g/mol. The number of ether oxygens (including phenoxy) is 1. The number of hydrogen-bond donors (Lipinski definition) is 1. The molecule has 5 nitrogen and oxygen atoms in total. The number of benzene rings is 1. The normalized spacial score (nSPS) is 24.2. The number of aromatic nitrogens is 2. The Morgan fingerprint density at radius 1 is 1.21 bits per heavy atom. The SMILES string of the molecule is COC1(C)CC(N2CCc3cc(-c4c(C)cc(C(F)(F)F)cc4O)nnc32)C1. The predicted octanol–water partition coefficient (Wildman–Crippen LogP) is 4.11. The zero-order chi connectivity index (χ0) is 20.3. The summed E-state index contributed by atoms with van der Waals surface area (Å²) in [6, 6.07) is 3.94. The molecule has 0 unspecified atom stereocenters. The number of hydrogen-bond acceptors (Lipinski definition) is 5. The molecule has 2 aliphatic rings. The number of phenols is 1. The van der Waals surface area contributed by atoms with Gasteiger partial charge in [0, 0.05) is 30.8 Å². The standard InChI is InChI=1S/C20H22F3N3O2/c1-11-6-13(20(21,22)23)8-16(27)17(11)15-7-12-4-5-26(18(12)25-24-15)14-9-19(2,10-14)28-3/h6-8,14,27H,4-5,9-10H2,1-3H3. The Kier molecular flexibility index (Phi) is 4.30. The number of nitrogens with zero attached hydrogens (tertiary/aromatic N) is 3. The minimum absolute atomic E-state index is 0.0933. The third-order valence-corrected chi connectivity index (χ3v) is 5.91. The van der Waals surface area contributed by atoms with Gasteiger partial charge in [0.1, 0.15) is 5.75 Å². The number of methoxy groups -OCH3 is 1. The lowest BCUT2D eigenvalue weighted by Gasteiger charge is -2.48. The molecule has 0 spiro atoms. The minimum Gasteiger partial charge on any atom is -0.507 e. The first-order valence-corrected chi connectivity index (χ1v) is 9.21. The van der Waals surface area contributed by atoms with E-state index in [-0.39, 0.29) is 11.2 Å². The zero-order valence-electron chi connectivity index (χ0n) is 16.0. The van der Waals surface area contributed by atoms with E-state index in [1.165, 1.54) is 6.92 Å². The smallest absolute Gasteiger partial charge is 0.416 e. The van der Waals surface area contributed by atoms with Gasteiger partial charge in [0.15, 0.2) is 5.82 Å². The molecule has 0 amide bonds. The van der Waals surface area contributed by atoms with Crippen LogP contribution in [0.1, 0.15) is 36.5 Å². The van der Waals surface area contributed by atoms with Gasteiger partial charge in [-0.05, 0) is 56.9 Å². The fraction of sp³-hybridized carbons (Fsp3) is 0.500. The molecule has 1 aliphatic carbocycles. The molecule has 150 valence electrons. The van der Waals surface area contributed by atoms with Crippen molar-refractivity contribution in [3.05, 3.63) is 34.9 Å². The number of aromatic hydroxyl groups is 1. The van der Waals surface area contributed by atoms with Crippen LogP contribution in [0.25, 0.3) is 11.3 Å². The van der Waals surface area contributed by atoms with E-state index in [0.29, 0.717) is 17.3 Å². The molecule has 1 aromatic carbocycles. The molecular weight excluding hydrogens is 371 g/mol. The molecule has 0 saturated heterocycles. The summed E-state index contributed by atoms with van der Waals surface area (Å²) in [5.41, 5.74) is 1.01. The Labute approximate surface area is 161 Å². The predicted molar refractivity (Wildman–Crippen MR) is 98.4 cm³/mol. The highest BCUT2D eigenvalue weighted by Gasteiger charge is 2.45. The van der Waals surface area contributed by atoms with Crippen molar-refractivity contribution < 1.29 is 23.0 Å². The van der Waals surface area contributed by atoms with Crippen molar-refractivity contribution in [1.29, 1.82) is 0 Å². The molecule has 0 atom stereocenters. The fourth-order valence-electron chi connectivity index (χ4n) is 4.26. The summed E-state index contributed by atoms with van der Waals surface area (Å²) in [7, 11) is 1.72. The average Bonchev–Trinajstić information content (AvgIpc) is 3.00. The molecule has 1 aliphatic heterocycles. The lowest BCUT2D eigenvalue weighted by molar-refractivity contribution is -0.137. The van der Waals surface area contributed by atoms with Gasteiger partial charge < -0.3 is 14.7 Å². The number of rotatable bonds is 3. The maximum Gasteiger partial charge on any atom is 0.416 e. The Morgan fingerprint density at radius 2 is 1.93 bits per heavy atom. The first-order chi connectivity index (χ1) is 13.1. The van der Waals surface area contributed by atoms with E-state index in [1.54, 1.807) is 7.11 Å². The van der Waals surface area contributed by atoms with Crippen LogP contribution in [0, 0.1) is 6.92 Å². The van der Waals surface area contributed by atoms with Crippen molar-refractivity contribution in [2.45, 2.75) is 50.9 Å². The van der Waals surface area contributed by atoms with Crippen LogP contribution >= 0.6 is 0 Å². The number of alkyl halides is 3. The van der Waals surface area contributed by atoms with Crippen LogP contribution in [-0.2, 0) is 17.3 Å². The first kappa shape index (κ1) is 19.0. The third-order valence-electron chi connectivity index (χ3n) is 5.91. The van der Waals surface area contributed by atoms with Gasteiger partial charge in [-0.1, -0.05) is 0 Å². The lowest BCUT2D eigenvalue weighted by atomic mass is 9.76. The highest BCUT2D eigenvalue weighted by Crippen LogP contribution is 2.43. The van der Waals surface area contributed by atoms with Crippen LogP contribution in [0.4, 0.5) is 19.0 Å². The van der Waals surface area contributed by atoms with E-state index >= 15 is 0 Å². The molecule has 4 rings (SSSR count). The van der Waals surface area contributed by atoms with E-state index in [2.05, 4.69) is 22.0 Å². The van der Waals surface area contributed by atoms with Gasteiger partial charge in [-0.25, -0.2) is 0 Å². The van der Waals surface area contributed by atoms with Gasteiger partial charge in [0.25, 0.3) is 0 Å². The van der Waals surface area contributed by atoms with Crippen LogP contribution in [-0.4, -0.2) is 40.6 Å². The van der Waals surface area contributed by atoms with E-state index < -0.39 is 17.5 Å². The third kappa shape index (κ3) is 3.09. The monoisotopic (exact) mass is 393 g/mol.